The highest BCUT2D eigenvalue weighted by Gasteiger charge is 2.40. The molecule has 0 aliphatic carbocycles. The first kappa shape index (κ1) is 9.03. The fourth-order valence-corrected chi connectivity index (χ4v) is 1.43. The second-order valence-electron chi connectivity index (χ2n) is 2.97. The van der Waals surface area contributed by atoms with E-state index in [2.05, 4.69) is 4.74 Å². The quantitative estimate of drug-likeness (QED) is 0.635. The van der Waals surface area contributed by atoms with Crippen LogP contribution in [0.4, 0.5) is 0 Å². The number of carbonyl (C=O) groups excluding carboxylic acids is 1. The summed E-state index contributed by atoms with van der Waals surface area (Å²) in [7, 11) is 0. The molecule has 12 heavy (non-hydrogen) atoms. The maximum atomic E-state index is 11.0. The Morgan fingerprint density at radius 3 is 2.92 bits per heavy atom. The predicted octanol–water partition coefficient (Wildman–Crippen LogP) is 0.660. The molecule has 4 heteroatoms. The number of cyclic esters (lactones) is 1. The van der Waals surface area contributed by atoms with Crippen LogP contribution >= 0.6 is 0 Å². The van der Waals surface area contributed by atoms with E-state index in [4.69, 9.17) is 5.11 Å². The molecule has 0 saturated carbocycles. The number of hydrogen-bond acceptors (Lipinski definition) is 3. The van der Waals surface area contributed by atoms with Crippen LogP contribution in [0.15, 0.2) is 0 Å². The molecule has 0 aromatic carbocycles. The zero-order chi connectivity index (χ0) is 9.14. The van der Waals surface area contributed by atoms with Crippen molar-refractivity contribution in [2.24, 2.45) is 11.8 Å². The van der Waals surface area contributed by atoms with Crippen LogP contribution in [0.25, 0.3) is 0 Å². The van der Waals surface area contributed by atoms with Crippen LogP contribution in [-0.4, -0.2) is 23.7 Å². The first-order valence-corrected chi connectivity index (χ1v) is 4.06. The largest absolute Gasteiger partial charge is 0.481 e. The van der Waals surface area contributed by atoms with Crippen LogP contribution in [0.2, 0.25) is 0 Å². The fraction of sp³-hybridized carbons (Fsp3) is 0.750. The van der Waals surface area contributed by atoms with E-state index in [1.807, 2.05) is 6.92 Å². The second kappa shape index (κ2) is 3.56. The van der Waals surface area contributed by atoms with Crippen molar-refractivity contribution >= 4 is 11.9 Å². The van der Waals surface area contributed by atoms with Crippen LogP contribution in [0.1, 0.15) is 19.8 Å². The number of carboxylic acid groups (broad SMARTS) is 1. The number of rotatable bonds is 3. The Balaban J connectivity index is 2.63. The highest BCUT2D eigenvalue weighted by Crippen LogP contribution is 2.26. The SMILES string of the molecule is CCC[C@@H]1C(=O)OC[C@@H]1C(=O)O. The number of hydrogen-bond donors (Lipinski definition) is 1. The molecule has 0 spiro atoms. The number of aliphatic carboxylic acids is 1. The lowest BCUT2D eigenvalue weighted by molar-refractivity contribution is -0.144. The molecule has 0 bridgehead atoms. The molecule has 0 aromatic heterocycles. The summed E-state index contributed by atoms with van der Waals surface area (Å²) >= 11 is 0. The van der Waals surface area contributed by atoms with Gasteiger partial charge >= 0.3 is 11.9 Å². The molecule has 0 unspecified atom stereocenters. The summed E-state index contributed by atoms with van der Waals surface area (Å²) in [4.78, 5) is 21.6. The van der Waals surface area contributed by atoms with Crippen LogP contribution in [0.5, 0.6) is 0 Å². The summed E-state index contributed by atoms with van der Waals surface area (Å²) < 4.78 is 4.67. The van der Waals surface area contributed by atoms with Gasteiger partial charge in [0.05, 0.1) is 5.92 Å². The molecule has 0 aromatic rings. The van der Waals surface area contributed by atoms with Gasteiger partial charge < -0.3 is 9.84 Å². The van der Waals surface area contributed by atoms with E-state index in [0.717, 1.165) is 6.42 Å². The van der Waals surface area contributed by atoms with E-state index in [-0.39, 0.29) is 12.6 Å². The molecule has 1 rings (SSSR count). The normalized spacial score (nSPS) is 28.6. The summed E-state index contributed by atoms with van der Waals surface area (Å²) in [5.41, 5.74) is 0. The lowest BCUT2D eigenvalue weighted by Crippen LogP contribution is -2.23. The van der Waals surface area contributed by atoms with Crippen molar-refractivity contribution in [2.45, 2.75) is 19.8 Å². The topological polar surface area (TPSA) is 63.6 Å². The van der Waals surface area contributed by atoms with E-state index < -0.39 is 17.8 Å². The molecule has 1 fully saturated rings. The lowest BCUT2D eigenvalue weighted by atomic mass is 9.91. The Morgan fingerprint density at radius 2 is 2.42 bits per heavy atom. The molecule has 68 valence electrons. The average molecular weight is 172 g/mol. The van der Waals surface area contributed by atoms with Crippen LogP contribution in [0, 0.1) is 11.8 Å². The molecule has 1 saturated heterocycles. The third-order valence-electron chi connectivity index (χ3n) is 2.11. The maximum Gasteiger partial charge on any atom is 0.310 e. The van der Waals surface area contributed by atoms with Crippen molar-refractivity contribution < 1.29 is 19.4 Å². The molecule has 1 heterocycles. The van der Waals surface area contributed by atoms with Gasteiger partial charge in [0.1, 0.15) is 12.5 Å². The maximum absolute atomic E-state index is 11.0. The van der Waals surface area contributed by atoms with Gasteiger partial charge in [-0.05, 0) is 6.42 Å². The highest BCUT2D eigenvalue weighted by atomic mass is 16.5. The van der Waals surface area contributed by atoms with Crippen molar-refractivity contribution in [3.8, 4) is 0 Å². The Labute approximate surface area is 70.5 Å². The zero-order valence-electron chi connectivity index (χ0n) is 6.95. The minimum atomic E-state index is -0.931. The van der Waals surface area contributed by atoms with Crippen LogP contribution < -0.4 is 0 Å². The molecule has 0 radical (unpaired) electrons. The van der Waals surface area contributed by atoms with Gasteiger partial charge in [0.25, 0.3) is 0 Å². The monoisotopic (exact) mass is 172 g/mol. The summed E-state index contributed by atoms with van der Waals surface area (Å²) in [6.45, 7) is 1.96. The molecule has 1 aliphatic heterocycles. The van der Waals surface area contributed by atoms with Gasteiger partial charge in [-0.2, -0.15) is 0 Å². The molecule has 1 aliphatic rings. The van der Waals surface area contributed by atoms with E-state index in [1.165, 1.54) is 0 Å². The smallest absolute Gasteiger partial charge is 0.310 e. The summed E-state index contributed by atoms with van der Waals surface area (Å²) in [5, 5.41) is 8.70. The molecule has 1 N–H and O–H groups in total. The Bertz CT molecular complexity index is 199. The Hall–Kier alpha value is -1.06. The molecular formula is C8H12O4. The summed E-state index contributed by atoms with van der Waals surface area (Å²) in [5.74, 6) is -2.34. The zero-order valence-corrected chi connectivity index (χ0v) is 6.95. The van der Waals surface area contributed by atoms with Crippen LogP contribution in [0.3, 0.4) is 0 Å². The first-order valence-electron chi connectivity index (χ1n) is 4.06. The van der Waals surface area contributed by atoms with E-state index in [9.17, 15) is 9.59 Å². The molecular weight excluding hydrogens is 160 g/mol. The van der Waals surface area contributed by atoms with Gasteiger partial charge in [-0.25, -0.2) is 0 Å². The van der Waals surface area contributed by atoms with Gasteiger partial charge in [-0.3, -0.25) is 9.59 Å². The first-order chi connectivity index (χ1) is 5.66. The molecule has 0 amide bonds. The van der Waals surface area contributed by atoms with Gasteiger partial charge in [0.2, 0.25) is 0 Å². The lowest BCUT2D eigenvalue weighted by Gasteiger charge is -2.08. The van der Waals surface area contributed by atoms with Gasteiger partial charge in [0, 0.05) is 0 Å². The van der Waals surface area contributed by atoms with E-state index in [1.54, 1.807) is 0 Å². The van der Waals surface area contributed by atoms with Crippen molar-refractivity contribution in [1.29, 1.82) is 0 Å². The molecule has 4 nitrogen and oxygen atoms in total. The van der Waals surface area contributed by atoms with Gasteiger partial charge in [-0.15, -0.1) is 0 Å². The molecule has 2 atom stereocenters. The number of carboxylic acids is 1. The van der Waals surface area contributed by atoms with Crippen molar-refractivity contribution in [3.63, 3.8) is 0 Å². The predicted molar refractivity (Wildman–Crippen MR) is 40.5 cm³/mol. The standard InChI is InChI=1S/C8H12O4/c1-2-3-5-6(7(9)10)4-12-8(5)11/h5-6H,2-4H2,1H3,(H,9,10)/t5-,6-/m0/s1. The number of esters is 1. The number of ether oxygens (including phenoxy) is 1. The summed E-state index contributed by atoms with van der Waals surface area (Å²) in [6, 6.07) is 0. The van der Waals surface area contributed by atoms with Gasteiger partial charge in [-0.1, -0.05) is 13.3 Å². The van der Waals surface area contributed by atoms with Crippen LogP contribution in [-0.2, 0) is 14.3 Å². The number of carbonyl (C=O) groups is 2. The third kappa shape index (κ3) is 1.57. The fourth-order valence-electron chi connectivity index (χ4n) is 1.43. The minimum Gasteiger partial charge on any atom is -0.481 e. The third-order valence-corrected chi connectivity index (χ3v) is 2.11. The van der Waals surface area contributed by atoms with Crippen molar-refractivity contribution in [3.05, 3.63) is 0 Å². The highest BCUT2D eigenvalue weighted by molar-refractivity contribution is 5.83. The van der Waals surface area contributed by atoms with E-state index >= 15 is 0 Å². The van der Waals surface area contributed by atoms with Gasteiger partial charge in [0.15, 0.2) is 0 Å². The minimum absolute atomic E-state index is 0.0405. The Kier molecular flexibility index (Phi) is 2.68. The summed E-state index contributed by atoms with van der Waals surface area (Å²) in [6.07, 6.45) is 1.42. The second-order valence-corrected chi connectivity index (χ2v) is 2.97. The Morgan fingerprint density at radius 1 is 1.75 bits per heavy atom. The van der Waals surface area contributed by atoms with E-state index in [0.29, 0.717) is 6.42 Å². The average Bonchev–Trinajstić information content (AvgIpc) is 2.34. The van der Waals surface area contributed by atoms with Crippen molar-refractivity contribution in [2.75, 3.05) is 6.61 Å². The van der Waals surface area contributed by atoms with Crippen molar-refractivity contribution in [1.82, 2.24) is 0 Å².